The second kappa shape index (κ2) is 5.39. The van der Waals surface area contributed by atoms with Crippen LogP contribution in [-0.4, -0.2) is 8.42 Å². The van der Waals surface area contributed by atoms with Crippen molar-refractivity contribution in [3.8, 4) is 11.1 Å². The maximum Gasteiger partial charge on any atom is 0.261 e. The Morgan fingerprint density at radius 1 is 0.833 bits per heavy atom. The Balaban J connectivity index is 1.65. The van der Waals surface area contributed by atoms with Gasteiger partial charge in [-0.3, -0.25) is 4.72 Å². The third-order valence-electron chi connectivity index (χ3n) is 4.24. The van der Waals surface area contributed by atoms with Gasteiger partial charge in [0.05, 0.1) is 4.90 Å². The maximum atomic E-state index is 12.5. The van der Waals surface area contributed by atoms with Crippen LogP contribution < -0.4 is 10.5 Å². The molecule has 0 radical (unpaired) electrons. The molecule has 3 N–H and O–H groups in total. The molecule has 0 amide bonds. The number of benzene rings is 3. The smallest absolute Gasteiger partial charge is 0.261 e. The lowest BCUT2D eigenvalue weighted by Gasteiger charge is -2.10. The number of sulfonamides is 1. The maximum absolute atomic E-state index is 12.5. The number of anilines is 2. The van der Waals surface area contributed by atoms with Crippen molar-refractivity contribution in [3.05, 3.63) is 77.9 Å². The number of hydrogen-bond donors (Lipinski definition) is 2. The highest BCUT2D eigenvalue weighted by molar-refractivity contribution is 7.92. The number of nitrogens with one attached hydrogen (secondary N) is 1. The Hall–Kier alpha value is -2.79. The Morgan fingerprint density at radius 2 is 1.54 bits per heavy atom. The van der Waals surface area contributed by atoms with Crippen LogP contribution in [0.1, 0.15) is 11.1 Å². The minimum atomic E-state index is -3.62. The molecule has 3 aromatic rings. The highest BCUT2D eigenvalue weighted by Crippen LogP contribution is 2.37. The van der Waals surface area contributed by atoms with E-state index in [2.05, 4.69) is 16.9 Å². The Labute approximate surface area is 141 Å². The molecule has 0 spiro atoms. The van der Waals surface area contributed by atoms with Gasteiger partial charge in [-0.05, 0) is 65.1 Å². The topological polar surface area (TPSA) is 72.2 Å². The first-order valence-corrected chi connectivity index (χ1v) is 9.11. The van der Waals surface area contributed by atoms with E-state index in [1.54, 1.807) is 18.2 Å². The Bertz CT molecular complexity index is 1030. The summed E-state index contributed by atoms with van der Waals surface area (Å²) < 4.78 is 27.6. The molecule has 4 nitrogen and oxygen atoms in total. The van der Waals surface area contributed by atoms with Gasteiger partial charge < -0.3 is 5.73 Å². The fraction of sp³-hybridized carbons (Fsp3) is 0.0526. The number of nitrogens with two attached hydrogens (primary N) is 1. The summed E-state index contributed by atoms with van der Waals surface area (Å²) in [7, 11) is -3.62. The summed E-state index contributed by atoms with van der Waals surface area (Å²) in [5.74, 6) is 0. The number of fused-ring (bicyclic) bond motifs is 3. The van der Waals surface area contributed by atoms with Gasteiger partial charge in [-0.2, -0.15) is 0 Å². The average molecular weight is 336 g/mol. The van der Waals surface area contributed by atoms with Crippen molar-refractivity contribution >= 4 is 21.4 Å². The lowest BCUT2D eigenvalue weighted by molar-refractivity contribution is 0.601. The van der Waals surface area contributed by atoms with Crippen LogP contribution in [0.2, 0.25) is 0 Å². The fourth-order valence-electron chi connectivity index (χ4n) is 3.07. The SMILES string of the molecule is Nc1ccc(S(=O)(=O)Nc2ccc3c(c2)Cc2ccccc2-3)cc1. The molecule has 4 rings (SSSR count). The minimum absolute atomic E-state index is 0.195. The van der Waals surface area contributed by atoms with Crippen LogP contribution in [0, 0.1) is 0 Å². The molecule has 3 aromatic carbocycles. The van der Waals surface area contributed by atoms with Crippen LogP contribution >= 0.6 is 0 Å². The molecule has 0 atom stereocenters. The third-order valence-corrected chi connectivity index (χ3v) is 5.63. The van der Waals surface area contributed by atoms with Gasteiger partial charge in [0.25, 0.3) is 10.0 Å². The minimum Gasteiger partial charge on any atom is -0.399 e. The zero-order valence-corrected chi connectivity index (χ0v) is 13.7. The molecule has 120 valence electrons. The van der Waals surface area contributed by atoms with Crippen molar-refractivity contribution in [2.24, 2.45) is 0 Å². The molecule has 0 fully saturated rings. The van der Waals surface area contributed by atoms with Gasteiger partial charge in [0.15, 0.2) is 0 Å². The molecule has 1 aliphatic rings. The molecule has 0 heterocycles. The molecule has 0 saturated heterocycles. The summed E-state index contributed by atoms with van der Waals surface area (Å²) in [6.07, 6.45) is 0.822. The molecular formula is C19H16N2O2S. The van der Waals surface area contributed by atoms with Crippen molar-refractivity contribution in [2.75, 3.05) is 10.5 Å². The average Bonchev–Trinajstić information content (AvgIpc) is 2.92. The lowest BCUT2D eigenvalue weighted by Crippen LogP contribution is -2.13. The summed E-state index contributed by atoms with van der Waals surface area (Å²) in [5, 5.41) is 0. The van der Waals surface area contributed by atoms with Crippen molar-refractivity contribution in [3.63, 3.8) is 0 Å². The second-order valence-corrected chi connectivity index (χ2v) is 7.56. The van der Waals surface area contributed by atoms with Gasteiger partial charge in [0.1, 0.15) is 0 Å². The fourth-order valence-corrected chi connectivity index (χ4v) is 4.12. The first kappa shape index (κ1) is 14.8. The van der Waals surface area contributed by atoms with Crippen molar-refractivity contribution in [2.45, 2.75) is 11.3 Å². The van der Waals surface area contributed by atoms with E-state index in [1.165, 1.54) is 28.8 Å². The molecule has 5 heteroatoms. The number of rotatable bonds is 3. The van der Waals surface area contributed by atoms with Crippen LogP contribution in [-0.2, 0) is 16.4 Å². The van der Waals surface area contributed by atoms with E-state index < -0.39 is 10.0 Å². The van der Waals surface area contributed by atoms with E-state index in [0.717, 1.165) is 12.0 Å². The van der Waals surface area contributed by atoms with Crippen LogP contribution in [0.15, 0.2) is 71.6 Å². The first-order chi connectivity index (χ1) is 11.5. The largest absolute Gasteiger partial charge is 0.399 e. The molecule has 0 bridgehead atoms. The third kappa shape index (κ3) is 2.53. The molecular weight excluding hydrogens is 320 g/mol. The predicted octanol–water partition coefficient (Wildman–Crippen LogP) is 3.64. The molecule has 0 saturated carbocycles. The van der Waals surface area contributed by atoms with E-state index in [9.17, 15) is 8.42 Å². The van der Waals surface area contributed by atoms with E-state index in [4.69, 9.17) is 5.73 Å². The Kier molecular flexibility index (Phi) is 3.32. The Morgan fingerprint density at radius 3 is 2.33 bits per heavy atom. The van der Waals surface area contributed by atoms with Crippen LogP contribution in [0.5, 0.6) is 0 Å². The van der Waals surface area contributed by atoms with Crippen molar-refractivity contribution in [1.29, 1.82) is 0 Å². The van der Waals surface area contributed by atoms with Crippen LogP contribution in [0.25, 0.3) is 11.1 Å². The van der Waals surface area contributed by atoms with Gasteiger partial charge in [-0.25, -0.2) is 8.42 Å². The molecule has 0 unspecified atom stereocenters. The summed E-state index contributed by atoms with van der Waals surface area (Å²) in [6, 6.07) is 20.1. The predicted molar refractivity (Wildman–Crippen MR) is 96.3 cm³/mol. The highest BCUT2D eigenvalue weighted by Gasteiger charge is 2.19. The first-order valence-electron chi connectivity index (χ1n) is 7.62. The van der Waals surface area contributed by atoms with Gasteiger partial charge in [0.2, 0.25) is 0 Å². The van der Waals surface area contributed by atoms with Crippen molar-refractivity contribution in [1.82, 2.24) is 0 Å². The molecule has 0 aromatic heterocycles. The monoisotopic (exact) mass is 336 g/mol. The van der Waals surface area contributed by atoms with E-state index in [1.807, 2.05) is 24.3 Å². The van der Waals surface area contributed by atoms with Gasteiger partial charge >= 0.3 is 0 Å². The van der Waals surface area contributed by atoms with E-state index in [0.29, 0.717) is 11.4 Å². The van der Waals surface area contributed by atoms with Crippen LogP contribution in [0.3, 0.4) is 0 Å². The lowest BCUT2D eigenvalue weighted by atomic mass is 10.1. The van der Waals surface area contributed by atoms with Crippen LogP contribution in [0.4, 0.5) is 11.4 Å². The summed E-state index contributed by atoms with van der Waals surface area (Å²) >= 11 is 0. The van der Waals surface area contributed by atoms with E-state index in [-0.39, 0.29) is 4.90 Å². The second-order valence-electron chi connectivity index (χ2n) is 5.88. The van der Waals surface area contributed by atoms with Gasteiger partial charge in [-0.1, -0.05) is 30.3 Å². The summed E-state index contributed by atoms with van der Waals surface area (Å²) in [6.45, 7) is 0. The van der Waals surface area contributed by atoms with E-state index >= 15 is 0 Å². The quantitative estimate of drug-likeness (QED) is 0.561. The summed E-state index contributed by atoms with van der Waals surface area (Å²) in [4.78, 5) is 0.195. The van der Waals surface area contributed by atoms with Crippen molar-refractivity contribution < 1.29 is 8.42 Å². The normalized spacial score (nSPS) is 12.5. The zero-order valence-electron chi connectivity index (χ0n) is 12.9. The zero-order chi connectivity index (χ0) is 16.7. The highest BCUT2D eigenvalue weighted by atomic mass is 32.2. The number of nitrogen functional groups attached to an aromatic ring is 1. The summed E-state index contributed by atoms with van der Waals surface area (Å²) in [5.41, 5.74) is 11.5. The standard InChI is InChI=1S/C19H16N2O2S/c20-15-5-8-17(9-6-15)24(22,23)21-16-7-10-19-14(12-16)11-13-3-1-2-4-18(13)19/h1-10,12,21H,11,20H2. The molecule has 24 heavy (non-hydrogen) atoms. The van der Waals surface area contributed by atoms with Gasteiger partial charge in [0, 0.05) is 11.4 Å². The molecule has 1 aliphatic carbocycles. The molecule has 0 aliphatic heterocycles. The number of hydrogen-bond acceptors (Lipinski definition) is 3. The van der Waals surface area contributed by atoms with Gasteiger partial charge in [-0.15, -0.1) is 0 Å².